The SMILES string of the molecule is CCOC(=O)CCN(C(=O)c1ccc(F)c(F)c1F)C(C)CC. The van der Waals surface area contributed by atoms with Crippen molar-refractivity contribution in [2.75, 3.05) is 13.2 Å². The molecule has 0 aromatic heterocycles. The molecule has 1 rings (SSSR count). The molecule has 23 heavy (non-hydrogen) atoms. The molecule has 1 unspecified atom stereocenters. The molecule has 0 aliphatic heterocycles. The Hall–Kier alpha value is -2.05. The highest BCUT2D eigenvalue weighted by atomic mass is 19.2. The van der Waals surface area contributed by atoms with E-state index in [2.05, 4.69) is 0 Å². The normalized spacial score (nSPS) is 11.9. The quantitative estimate of drug-likeness (QED) is 0.569. The number of halogens is 3. The molecule has 0 heterocycles. The van der Waals surface area contributed by atoms with Gasteiger partial charge in [0, 0.05) is 12.6 Å². The third-order valence-electron chi connectivity index (χ3n) is 3.51. The van der Waals surface area contributed by atoms with Crippen molar-refractivity contribution in [2.45, 2.75) is 39.7 Å². The summed E-state index contributed by atoms with van der Waals surface area (Å²) in [6, 6.07) is 1.30. The molecule has 1 atom stereocenters. The Labute approximate surface area is 133 Å². The smallest absolute Gasteiger partial charge is 0.307 e. The van der Waals surface area contributed by atoms with E-state index in [0.29, 0.717) is 12.5 Å². The summed E-state index contributed by atoms with van der Waals surface area (Å²) >= 11 is 0. The maximum atomic E-state index is 13.8. The number of carbonyl (C=O) groups is 2. The zero-order valence-electron chi connectivity index (χ0n) is 13.4. The van der Waals surface area contributed by atoms with Crippen molar-refractivity contribution in [3.63, 3.8) is 0 Å². The van der Waals surface area contributed by atoms with Crippen molar-refractivity contribution in [3.05, 3.63) is 35.1 Å². The van der Waals surface area contributed by atoms with Gasteiger partial charge in [-0.05, 0) is 32.4 Å². The second-order valence-electron chi connectivity index (χ2n) is 5.03. The summed E-state index contributed by atoms with van der Waals surface area (Å²) in [6.07, 6.45) is 0.495. The van der Waals surface area contributed by atoms with E-state index in [-0.39, 0.29) is 25.6 Å². The van der Waals surface area contributed by atoms with E-state index in [1.807, 2.05) is 6.92 Å². The summed E-state index contributed by atoms with van der Waals surface area (Å²) in [4.78, 5) is 25.1. The summed E-state index contributed by atoms with van der Waals surface area (Å²) in [5, 5.41) is 0. The first-order valence-electron chi connectivity index (χ1n) is 7.43. The number of nitrogens with zero attached hydrogens (tertiary/aromatic N) is 1. The largest absolute Gasteiger partial charge is 0.466 e. The lowest BCUT2D eigenvalue weighted by Gasteiger charge is -2.28. The molecule has 7 heteroatoms. The molecule has 1 aromatic carbocycles. The second-order valence-corrected chi connectivity index (χ2v) is 5.03. The van der Waals surface area contributed by atoms with Gasteiger partial charge in [0.1, 0.15) is 0 Å². The van der Waals surface area contributed by atoms with Crippen molar-refractivity contribution in [1.82, 2.24) is 4.90 Å². The monoisotopic (exact) mass is 331 g/mol. The number of esters is 1. The second kappa shape index (κ2) is 8.55. The van der Waals surface area contributed by atoms with E-state index in [1.54, 1.807) is 13.8 Å². The minimum absolute atomic E-state index is 0.00507. The van der Waals surface area contributed by atoms with Crippen LogP contribution in [0.3, 0.4) is 0 Å². The number of benzene rings is 1. The van der Waals surface area contributed by atoms with Crippen LogP contribution in [-0.2, 0) is 9.53 Å². The molecule has 4 nitrogen and oxygen atoms in total. The van der Waals surface area contributed by atoms with Crippen LogP contribution in [0.25, 0.3) is 0 Å². The van der Waals surface area contributed by atoms with Crippen LogP contribution < -0.4 is 0 Å². The zero-order valence-corrected chi connectivity index (χ0v) is 13.4. The van der Waals surface area contributed by atoms with Gasteiger partial charge in [0.2, 0.25) is 0 Å². The van der Waals surface area contributed by atoms with Crippen LogP contribution in [0.1, 0.15) is 44.0 Å². The Balaban J connectivity index is 3.01. The topological polar surface area (TPSA) is 46.6 Å². The number of amides is 1. The van der Waals surface area contributed by atoms with Gasteiger partial charge in [0.15, 0.2) is 17.5 Å². The minimum Gasteiger partial charge on any atom is -0.466 e. The highest BCUT2D eigenvalue weighted by Crippen LogP contribution is 2.19. The lowest BCUT2D eigenvalue weighted by atomic mass is 10.1. The van der Waals surface area contributed by atoms with Crippen molar-refractivity contribution in [3.8, 4) is 0 Å². The Bertz CT molecular complexity index is 578. The minimum atomic E-state index is -1.69. The van der Waals surface area contributed by atoms with E-state index in [4.69, 9.17) is 4.74 Å². The number of carbonyl (C=O) groups excluding carboxylic acids is 2. The van der Waals surface area contributed by atoms with Crippen LogP contribution >= 0.6 is 0 Å². The number of hydrogen-bond donors (Lipinski definition) is 0. The number of ether oxygens (including phenoxy) is 1. The fourth-order valence-electron chi connectivity index (χ4n) is 2.03. The summed E-state index contributed by atoms with van der Waals surface area (Å²) in [7, 11) is 0. The highest BCUT2D eigenvalue weighted by molar-refractivity contribution is 5.95. The molecule has 0 spiro atoms. The molecule has 1 amide bonds. The molecule has 0 radical (unpaired) electrons. The average Bonchev–Trinajstić information content (AvgIpc) is 2.52. The Kier molecular flexibility index (Phi) is 7.06. The molecule has 0 saturated carbocycles. The van der Waals surface area contributed by atoms with Gasteiger partial charge in [-0.1, -0.05) is 6.92 Å². The first kappa shape index (κ1) is 19.0. The lowest BCUT2D eigenvalue weighted by Crippen LogP contribution is -2.40. The molecule has 0 aliphatic rings. The van der Waals surface area contributed by atoms with Gasteiger partial charge in [-0.2, -0.15) is 0 Å². The third-order valence-corrected chi connectivity index (χ3v) is 3.51. The summed E-state index contributed by atoms with van der Waals surface area (Å²) in [6.45, 7) is 5.42. The highest BCUT2D eigenvalue weighted by Gasteiger charge is 2.26. The van der Waals surface area contributed by atoms with Crippen LogP contribution in [0.2, 0.25) is 0 Å². The average molecular weight is 331 g/mol. The molecular weight excluding hydrogens is 311 g/mol. The van der Waals surface area contributed by atoms with Gasteiger partial charge in [0.25, 0.3) is 5.91 Å². The fourth-order valence-corrected chi connectivity index (χ4v) is 2.03. The van der Waals surface area contributed by atoms with E-state index in [0.717, 1.165) is 6.07 Å². The standard InChI is InChI=1S/C16H20F3NO3/c1-4-10(3)20(9-8-13(21)23-5-2)16(22)11-6-7-12(17)15(19)14(11)18/h6-7,10H,4-5,8-9H2,1-3H3. The predicted molar refractivity (Wildman–Crippen MR) is 78.4 cm³/mol. The van der Waals surface area contributed by atoms with E-state index < -0.39 is 34.9 Å². The molecule has 0 fully saturated rings. The Morgan fingerprint density at radius 1 is 1.17 bits per heavy atom. The number of rotatable bonds is 7. The van der Waals surface area contributed by atoms with Crippen molar-refractivity contribution >= 4 is 11.9 Å². The summed E-state index contributed by atoms with van der Waals surface area (Å²) in [5.74, 6) is -5.86. The number of hydrogen-bond acceptors (Lipinski definition) is 3. The van der Waals surface area contributed by atoms with Gasteiger partial charge >= 0.3 is 5.97 Å². The Morgan fingerprint density at radius 3 is 2.39 bits per heavy atom. The first-order valence-corrected chi connectivity index (χ1v) is 7.43. The Morgan fingerprint density at radius 2 is 1.83 bits per heavy atom. The van der Waals surface area contributed by atoms with Gasteiger partial charge < -0.3 is 9.64 Å². The van der Waals surface area contributed by atoms with Crippen LogP contribution in [0, 0.1) is 17.5 Å². The van der Waals surface area contributed by atoms with Gasteiger partial charge in [-0.15, -0.1) is 0 Å². The van der Waals surface area contributed by atoms with Crippen molar-refractivity contribution in [1.29, 1.82) is 0 Å². The molecule has 128 valence electrons. The first-order chi connectivity index (χ1) is 10.8. The summed E-state index contributed by atoms with van der Waals surface area (Å²) in [5.41, 5.74) is -0.562. The van der Waals surface area contributed by atoms with Crippen LogP contribution in [0.15, 0.2) is 12.1 Å². The molecular formula is C16H20F3NO3. The van der Waals surface area contributed by atoms with Gasteiger partial charge in [0.05, 0.1) is 18.6 Å². The molecule has 0 bridgehead atoms. The maximum absolute atomic E-state index is 13.8. The van der Waals surface area contributed by atoms with Gasteiger partial charge in [-0.25, -0.2) is 13.2 Å². The summed E-state index contributed by atoms with van der Waals surface area (Å²) < 4.78 is 44.9. The molecule has 0 N–H and O–H groups in total. The molecule has 0 saturated heterocycles. The molecule has 1 aromatic rings. The predicted octanol–water partition coefficient (Wildman–Crippen LogP) is 3.30. The van der Waals surface area contributed by atoms with E-state index in [9.17, 15) is 22.8 Å². The van der Waals surface area contributed by atoms with Gasteiger partial charge in [-0.3, -0.25) is 9.59 Å². The molecule has 0 aliphatic carbocycles. The third kappa shape index (κ3) is 4.71. The van der Waals surface area contributed by atoms with E-state index in [1.165, 1.54) is 4.90 Å². The van der Waals surface area contributed by atoms with Crippen molar-refractivity contribution < 1.29 is 27.5 Å². The van der Waals surface area contributed by atoms with Crippen LogP contribution in [0.5, 0.6) is 0 Å². The van der Waals surface area contributed by atoms with Crippen molar-refractivity contribution in [2.24, 2.45) is 0 Å². The fraction of sp³-hybridized carbons (Fsp3) is 0.500. The lowest BCUT2D eigenvalue weighted by molar-refractivity contribution is -0.143. The maximum Gasteiger partial charge on any atom is 0.307 e. The van der Waals surface area contributed by atoms with Crippen LogP contribution in [0.4, 0.5) is 13.2 Å². The van der Waals surface area contributed by atoms with E-state index >= 15 is 0 Å². The zero-order chi connectivity index (χ0) is 17.6. The van der Waals surface area contributed by atoms with Crippen LogP contribution in [-0.4, -0.2) is 36.0 Å².